The van der Waals surface area contributed by atoms with Crippen molar-refractivity contribution in [3.05, 3.63) is 21.3 Å². The molecule has 3 nitrogen and oxygen atoms in total. The van der Waals surface area contributed by atoms with Gasteiger partial charge in [0.05, 0.1) is 9.71 Å². The second-order valence-corrected chi connectivity index (χ2v) is 5.80. The Morgan fingerprint density at radius 3 is 2.93 bits per heavy atom. The fourth-order valence-electron chi connectivity index (χ4n) is 1.25. The molecule has 2 N–H and O–H groups in total. The summed E-state index contributed by atoms with van der Waals surface area (Å²) in [6.45, 7) is 0. The van der Waals surface area contributed by atoms with Gasteiger partial charge in [0, 0.05) is 10.6 Å². The fraction of sp³-hybridized carbons (Fsp3) is 0.375. The van der Waals surface area contributed by atoms with Crippen LogP contribution in [0, 0.1) is 0 Å². The number of carbonyl (C=O) groups is 1. The lowest BCUT2D eigenvalue weighted by Crippen LogP contribution is -2.33. The molecule has 1 aliphatic heterocycles. The highest BCUT2D eigenvalue weighted by Gasteiger charge is 2.30. The van der Waals surface area contributed by atoms with Crippen LogP contribution in [0.5, 0.6) is 0 Å². The molecule has 2 atom stereocenters. The number of carboxylic acid groups (broad SMARTS) is 1. The van der Waals surface area contributed by atoms with Gasteiger partial charge in [-0.25, -0.2) is 0 Å². The van der Waals surface area contributed by atoms with E-state index in [2.05, 4.69) is 5.32 Å². The van der Waals surface area contributed by atoms with Crippen LogP contribution in [-0.2, 0) is 4.79 Å². The van der Waals surface area contributed by atoms with Gasteiger partial charge in [-0.3, -0.25) is 10.1 Å². The Morgan fingerprint density at radius 1 is 1.64 bits per heavy atom. The van der Waals surface area contributed by atoms with Crippen LogP contribution in [0.25, 0.3) is 0 Å². The van der Waals surface area contributed by atoms with Gasteiger partial charge in [-0.05, 0) is 12.1 Å². The van der Waals surface area contributed by atoms with Crippen molar-refractivity contribution in [2.45, 2.75) is 11.4 Å². The predicted octanol–water partition coefficient (Wildman–Crippen LogP) is 2.19. The number of halogens is 1. The van der Waals surface area contributed by atoms with Crippen molar-refractivity contribution in [3.8, 4) is 0 Å². The van der Waals surface area contributed by atoms with E-state index >= 15 is 0 Å². The predicted molar refractivity (Wildman–Crippen MR) is 59.1 cm³/mol. The summed E-state index contributed by atoms with van der Waals surface area (Å²) < 4.78 is 0.737. The molecule has 2 rings (SSSR count). The zero-order chi connectivity index (χ0) is 10.1. The van der Waals surface area contributed by atoms with E-state index in [0.29, 0.717) is 5.75 Å². The minimum atomic E-state index is -0.789. The quantitative estimate of drug-likeness (QED) is 0.844. The number of carboxylic acids is 1. The van der Waals surface area contributed by atoms with E-state index in [1.54, 1.807) is 11.8 Å². The highest BCUT2D eigenvalue weighted by Crippen LogP contribution is 2.37. The first-order valence-electron chi connectivity index (χ1n) is 4.02. The van der Waals surface area contributed by atoms with Crippen LogP contribution in [0.3, 0.4) is 0 Å². The molecule has 2 unspecified atom stereocenters. The molecular weight excluding hydrogens is 242 g/mol. The summed E-state index contributed by atoms with van der Waals surface area (Å²) in [5.41, 5.74) is 0. The second-order valence-electron chi connectivity index (χ2n) is 2.91. The van der Waals surface area contributed by atoms with Gasteiger partial charge in [-0.1, -0.05) is 11.6 Å². The van der Waals surface area contributed by atoms with E-state index in [9.17, 15) is 4.79 Å². The van der Waals surface area contributed by atoms with Crippen molar-refractivity contribution in [1.82, 2.24) is 5.32 Å². The van der Waals surface area contributed by atoms with Crippen LogP contribution in [0.4, 0.5) is 0 Å². The SMILES string of the molecule is O=C(O)C1CSC(c2ccc(Cl)s2)N1. The van der Waals surface area contributed by atoms with Crippen molar-refractivity contribution >= 4 is 40.7 Å². The Balaban J connectivity index is 2.05. The minimum absolute atomic E-state index is 0.0774. The monoisotopic (exact) mass is 249 g/mol. The van der Waals surface area contributed by atoms with Gasteiger partial charge in [0.25, 0.3) is 0 Å². The molecule has 0 amide bonds. The van der Waals surface area contributed by atoms with Gasteiger partial charge in [-0.15, -0.1) is 23.1 Å². The summed E-state index contributed by atoms with van der Waals surface area (Å²) in [5.74, 6) is -0.183. The summed E-state index contributed by atoms with van der Waals surface area (Å²) >= 11 is 8.90. The van der Waals surface area contributed by atoms with Gasteiger partial charge in [-0.2, -0.15) is 0 Å². The summed E-state index contributed by atoms with van der Waals surface area (Å²) in [6, 6.07) is 3.32. The largest absolute Gasteiger partial charge is 0.480 e. The maximum Gasteiger partial charge on any atom is 0.321 e. The fourth-order valence-corrected chi connectivity index (χ4v) is 3.73. The molecule has 1 aliphatic rings. The first-order chi connectivity index (χ1) is 6.66. The van der Waals surface area contributed by atoms with E-state index in [-0.39, 0.29) is 5.37 Å². The number of thiophene rings is 1. The number of aliphatic carboxylic acids is 1. The Kier molecular flexibility index (Phi) is 3.02. The van der Waals surface area contributed by atoms with Crippen molar-refractivity contribution in [2.24, 2.45) is 0 Å². The summed E-state index contributed by atoms with van der Waals surface area (Å²) in [7, 11) is 0. The highest BCUT2D eigenvalue weighted by atomic mass is 35.5. The molecule has 0 aromatic carbocycles. The number of rotatable bonds is 2. The molecule has 0 aliphatic carbocycles. The topological polar surface area (TPSA) is 49.3 Å². The molecule has 1 fully saturated rings. The van der Waals surface area contributed by atoms with Crippen LogP contribution in [-0.4, -0.2) is 22.9 Å². The van der Waals surface area contributed by atoms with E-state index in [1.165, 1.54) is 11.3 Å². The van der Waals surface area contributed by atoms with Crippen LogP contribution in [0.15, 0.2) is 12.1 Å². The molecule has 0 bridgehead atoms. The summed E-state index contributed by atoms with van der Waals surface area (Å²) in [6.07, 6.45) is 0. The van der Waals surface area contributed by atoms with Crippen LogP contribution in [0.2, 0.25) is 4.34 Å². The normalized spacial score (nSPS) is 26.6. The highest BCUT2D eigenvalue weighted by molar-refractivity contribution is 7.99. The molecule has 1 aromatic rings. The molecule has 76 valence electrons. The molecule has 1 aromatic heterocycles. The average Bonchev–Trinajstić information content (AvgIpc) is 2.70. The van der Waals surface area contributed by atoms with Gasteiger partial charge in [0.2, 0.25) is 0 Å². The van der Waals surface area contributed by atoms with Crippen LogP contribution >= 0.6 is 34.7 Å². The molecular formula is C8H8ClNO2S2. The maximum absolute atomic E-state index is 10.7. The average molecular weight is 250 g/mol. The maximum atomic E-state index is 10.7. The Morgan fingerprint density at radius 2 is 2.43 bits per heavy atom. The molecule has 14 heavy (non-hydrogen) atoms. The van der Waals surface area contributed by atoms with Crippen molar-refractivity contribution in [3.63, 3.8) is 0 Å². The smallest absolute Gasteiger partial charge is 0.321 e. The lowest BCUT2D eigenvalue weighted by Gasteiger charge is -2.07. The van der Waals surface area contributed by atoms with E-state index in [0.717, 1.165) is 9.21 Å². The Bertz CT molecular complexity index is 355. The van der Waals surface area contributed by atoms with Gasteiger partial charge in [0.1, 0.15) is 6.04 Å². The first-order valence-corrected chi connectivity index (χ1v) is 6.27. The molecule has 0 spiro atoms. The lowest BCUT2D eigenvalue weighted by atomic mass is 10.3. The standard InChI is InChI=1S/C8H8ClNO2S2/c9-6-2-1-5(14-6)7-10-4(3-13-7)8(11)12/h1-2,4,7,10H,3H2,(H,11,12). The van der Waals surface area contributed by atoms with Crippen LogP contribution in [0.1, 0.15) is 10.3 Å². The summed E-state index contributed by atoms with van der Waals surface area (Å²) in [5, 5.41) is 11.9. The molecule has 6 heteroatoms. The number of hydrogen-bond donors (Lipinski definition) is 2. The Hall–Kier alpha value is -0.230. The number of nitrogens with one attached hydrogen (secondary N) is 1. The lowest BCUT2D eigenvalue weighted by molar-refractivity contribution is -0.138. The molecule has 0 radical (unpaired) electrons. The van der Waals surface area contributed by atoms with E-state index in [4.69, 9.17) is 16.7 Å². The molecule has 1 saturated heterocycles. The van der Waals surface area contributed by atoms with Gasteiger partial charge in [0.15, 0.2) is 0 Å². The molecule has 0 saturated carbocycles. The van der Waals surface area contributed by atoms with Crippen molar-refractivity contribution in [2.75, 3.05) is 5.75 Å². The zero-order valence-corrected chi connectivity index (χ0v) is 9.46. The third-order valence-electron chi connectivity index (χ3n) is 1.93. The second kappa shape index (κ2) is 4.10. The summed E-state index contributed by atoms with van der Waals surface area (Å²) in [4.78, 5) is 11.8. The third kappa shape index (κ3) is 2.06. The van der Waals surface area contributed by atoms with E-state index < -0.39 is 12.0 Å². The first kappa shape index (κ1) is 10.3. The molecule has 2 heterocycles. The van der Waals surface area contributed by atoms with Crippen LogP contribution < -0.4 is 5.32 Å². The number of thioether (sulfide) groups is 1. The number of hydrogen-bond acceptors (Lipinski definition) is 4. The van der Waals surface area contributed by atoms with Gasteiger partial charge < -0.3 is 5.11 Å². The van der Waals surface area contributed by atoms with Gasteiger partial charge >= 0.3 is 5.97 Å². The van der Waals surface area contributed by atoms with E-state index in [1.807, 2.05) is 12.1 Å². The zero-order valence-electron chi connectivity index (χ0n) is 7.07. The van der Waals surface area contributed by atoms with Crippen molar-refractivity contribution in [1.29, 1.82) is 0 Å². The Labute approximate surface area is 94.5 Å². The minimum Gasteiger partial charge on any atom is -0.480 e. The van der Waals surface area contributed by atoms with Crippen molar-refractivity contribution < 1.29 is 9.90 Å². The third-order valence-corrected chi connectivity index (χ3v) is 4.63.